The minimum absolute atomic E-state index is 0.0950. The molecule has 15 heavy (non-hydrogen) atoms. The maximum atomic E-state index is 12.8. The van der Waals surface area contributed by atoms with E-state index >= 15 is 0 Å². The number of aliphatic carboxylic acids is 1. The van der Waals surface area contributed by atoms with Gasteiger partial charge in [0, 0.05) is 6.07 Å². The van der Waals surface area contributed by atoms with Gasteiger partial charge in [0.15, 0.2) is 0 Å². The first kappa shape index (κ1) is 11.6. The summed E-state index contributed by atoms with van der Waals surface area (Å²) in [5, 5.41) is 18.2. The number of hydrogen-bond acceptors (Lipinski definition) is 2. The molecule has 1 rings (SSSR count). The minimum Gasteiger partial charge on any atom is -0.481 e. The van der Waals surface area contributed by atoms with Gasteiger partial charge in [0.1, 0.15) is 11.6 Å². The van der Waals surface area contributed by atoms with Gasteiger partial charge in [0.05, 0.1) is 12.0 Å². The largest absolute Gasteiger partial charge is 0.481 e. The van der Waals surface area contributed by atoms with Crippen LogP contribution in [0.15, 0.2) is 18.2 Å². The Balaban J connectivity index is 3.08. The second kappa shape index (κ2) is 3.94. The molecule has 2 N–H and O–H groups in total. The van der Waals surface area contributed by atoms with Gasteiger partial charge in [-0.25, -0.2) is 8.78 Å². The molecule has 0 saturated heterocycles. The van der Waals surface area contributed by atoms with Gasteiger partial charge in [-0.15, -0.1) is 0 Å². The Hall–Kier alpha value is -1.49. The maximum absolute atomic E-state index is 12.8. The van der Waals surface area contributed by atoms with Gasteiger partial charge in [-0.3, -0.25) is 4.79 Å². The van der Waals surface area contributed by atoms with Crippen molar-refractivity contribution in [3.05, 3.63) is 35.4 Å². The molecule has 1 aromatic carbocycles. The molecule has 0 fully saturated rings. The summed E-state index contributed by atoms with van der Waals surface area (Å²) in [5.74, 6) is -2.95. The Morgan fingerprint density at radius 2 is 1.80 bits per heavy atom. The maximum Gasteiger partial charge on any atom is 0.306 e. The first-order valence-electron chi connectivity index (χ1n) is 4.22. The molecule has 0 saturated carbocycles. The van der Waals surface area contributed by atoms with Crippen molar-refractivity contribution in [3.63, 3.8) is 0 Å². The molecule has 0 unspecified atom stereocenters. The lowest BCUT2D eigenvalue weighted by molar-refractivity contribution is -0.142. The summed E-state index contributed by atoms with van der Waals surface area (Å²) in [7, 11) is 0. The first-order chi connectivity index (χ1) is 6.81. The van der Waals surface area contributed by atoms with E-state index in [9.17, 15) is 18.7 Å². The molecule has 5 heteroatoms. The van der Waals surface area contributed by atoms with Crippen molar-refractivity contribution in [1.29, 1.82) is 0 Å². The molecule has 82 valence electrons. The van der Waals surface area contributed by atoms with Crippen molar-refractivity contribution in [2.75, 3.05) is 0 Å². The second-order valence-electron chi connectivity index (χ2n) is 3.50. The van der Waals surface area contributed by atoms with Crippen molar-refractivity contribution >= 4 is 5.97 Å². The number of aliphatic hydroxyl groups is 1. The molecule has 0 radical (unpaired) electrons. The normalized spacial score (nSPS) is 14.7. The number of rotatable bonds is 3. The lowest BCUT2D eigenvalue weighted by atomic mass is 9.92. The van der Waals surface area contributed by atoms with Crippen LogP contribution in [0, 0.1) is 11.6 Å². The molecule has 0 aliphatic rings. The van der Waals surface area contributed by atoms with Crippen molar-refractivity contribution in [2.45, 2.75) is 18.9 Å². The third-order valence-corrected chi connectivity index (χ3v) is 1.98. The molecule has 0 bridgehead atoms. The Bertz CT molecular complexity index is 368. The van der Waals surface area contributed by atoms with Crippen LogP contribution in [0.25, 0.3) is 0 Å². The predicted molar refractivity (Wildman–Crippen MR) is 48.2 cm³/mol. The first-order valence-corrected chi connectivity index (χ1v) is 4.22. The monoisotopic (exact) mass is 216 g/mol. The van der Waals surface area contributed by atoms with E-state index in [1.54, 1.807) is 0 Å². The lowest BCUT2D eigenvalue weighted by Gasteiger charge is -2.21. The number of benzene rings is 1. The average Bonchev–Trinajstić information content (AvgIpc) is 1.99. The van der Waals surface area contributed by atoms with E-state index in [4.69, 9.17) is 5.11 Å². The quantitative estimate of drug-likeness (QED) is 0.807. The molecule has 1 aromatic rings. The summed E-state index contributed by atoms with van der Waals surface area (Å²) in [6.45, 7) is 1.19. The van der Waals surface area contributed by atoms with E-state index < -0.39 is 29.6 Å². The second-order valence-corrected chi connectivity index (χ2v) is 3.50. The third kappa shape index (κ3) is 2.99. The fourth-order valence-electron chi connectivity index (χ4n) is 1.26. The highest BCUT2D eigenvalue weighted by Crippen LogP contribution is 2.25. The van der Waals surface area contributed by atoms with E-state index in [0.29, 0.717) is 6.07 Å². The topological polar surface area (TPSA) is 57.5 Å². The van der Waals surface area contributed by atoms with Gasteiger partial charge >= 0.3 is 5.97 Å². The molecule has 0 aromatic heterocycles. The van der Waals surface area contributed by atoms with Crippen LogP contribution in [-0.2, 0) is 10.4 Å². The number of hydrogen-bond donors (Lipinski definition) is 2. The number of halogens is 2. The summed E-state index contributed by atoms with van der Waals surface area (Å²) < 4.78 is 25.6. The molecule has 3 nitrogen and oxygen atoms in total. The standard InChI is InChI=1S/C10H10F2O3/c1-10(15,5-9(13)14)6-2-7(11)4-8(12)3-6/h2-4,15H,5H2,1H3,(H,13,14)/t10-/m0/s1. The van der Waals surface area contributed by atoms with E-state index in [1.165, 1.54) is 6.92 Å². The summed E-state index contributed by atoms with van der Waals surface area (Å²) in [6.07, 6.45) is -0.615. The highest BCUT2D eigenvalue weighted by atomic mass is 19.1. The fourth-order valence-corrected chi connectivity index (χ4v) is 1.26. The van der Waals surface area contributed by atoms with Crippen LogP contribution in [0.4, 0.5) is 8.78 Å². The summed E-state index contributed by atoms with van der Waals surface area (Å²) in [6, 6.07) is 2.47. The van der Waals surface area contributed by atoms with E-state index in [2.05, 4.69) is 0 Å². The highest BCUT2D eigenvalue weighted by molar-refractivity contribution is 5.68. The molecular weight excluding hydrogens is 206 g/mol. The summed E-state index contributed by atoms with van der Waals surface area (Å²) in [5.41, 5.74) is -1.88. The molecule has 0 spiro atoms. The van der Waals surface area contributed by atoms with Crippen molar-refractivity contribution in [1.82, 2.24) is 0 Å². The van der Waals surface area contributed by atoms with Crippen molar-refractivity contribution in [3.8, 4) is 0 Å². The van der Waals surface area contributed by atoms with Crippen LogP contribution in [0.1, 0.15) is 18.9 Å². The van der Waals surface area contributed by atoms with Crippen LogP contribution in [0.2, 0.25) is 0 Å². The predicted octanol–water partition coefficient (Wildman–Crippen LogP) is 1.65. The van der Waals surface area contributed by atoms with Gasteiger partial charge in [-0.1, -0.05) is 0 Å². The van der Waals surface area contributed by atoms with Gasteiger partial charge in [-0.05, 0) is 24.6 Å². The smallest absolute Gasteiger partial charge is 0.306 e. The molecule has 0 heterocycles. The third-order valence-electron chi connectivity index (χ3n) is 1.98. The molecule has 1 atom stereocenters. The van der Waals surface area contributed by atoms with E-state index in [1.807, 2.05) is 0 Å². The SMILES string of the molecule is C[C@](O)(CC(=O)O)c1cc(F)cc(F)c1. The highest BCUT2D eigenvalue weighted by Gasteiger charge is 2.27. The van der Waals surface area contributed by atoms with Gasteiger partial charge < -0.3 is 10.2 Å². The number of carbonyl (C=O) groups is 1. The Morgan fingerprint density at radius 1 is 1.33 bits per heavy atom. The van der Waals surface area contributed by atoms with Crippen molar-refractivity contribution in [2.24, 2.45) is 0 Å². The molecular formula is C10H10F2O3. The van der Waals surface area contributed by atoms with E-state index in [0.717, 1.165) is 12.1 Å². The zero-order valence-electron chi connectivity index (χ0n) is 8.00. The minimum atomic E-state index is -1.78. The average molecular weight is 216 g/mol. The molecule has 0 amide bonds. The fraction of sp³-hybridized carbons (Fsp3) is 0.300. The zero-order valence-corrected chi connectivity index (χ0v) is 8.00. The Labute approximate surface area is 85.0 Å². The van der Waals surface area contributed by atoms with E-state index in [-0.39, 0.29) is 5.56 Å². The number of carboxylic acid groups (broad SMARTS) is 1. The van der Waals surface area contributed by atoms with Crippen LogP contribution in [-0.4, -0.2) is 16.2 Å². The van der Waals surface area contributed by atoms with Crippen LogP contribution < -0.4 is 0 Å². The van der Waals surface area contributed by atoms with Gasteiger partial charge in [0.2, 0.25) is 0 Å². The summed E-state index contributed by atoms with van der Waals surface area (Å²) in [4.78, 5) is 10.4. The Kier molecular flexibility index (Phi) is 3.04. The van der Waals surface area contributed by atoms with Crippen LogP contribution in [0.5, 0.6) is 0 Å². The van der Waals surface area contributed by atoms with Crippen molar-refractivity contribution < 1.29 is 23.8 Å². The number of carboxylic acids is 1. The van der Waals surface area contributed by atoms with Crippen LogP contribution in [0.3, 0.4) is 0 Å². The molecule has 0 aliphatic heterocycles. The zero-order chi connectivity index (χ0) is 11.6. The Morgan fingerprint density at radius 3 is 2.20 bits per heavy atom. The van der Waals surface area contributed by atoms with Gasteiger partial charge in [-0.2, -0.15) is 0 Å². The summed E-state index contributed by atoms with van der Waals surface area (Å²) >= 11 is 0. The lowest BCUT2D eigenvalue weighted by Crippen LogP contribution is -2.25. The molecule has 0 aliphatic carbocycles. The van der Waals surface area contributed by atoms with Crippen LogP contribution >= 0.6 is 0 Å². The van der Waals surface area contributed by atoms with Gasteiger partial charge in [0.25, 0.3) is 0 Å².